The second-order valence-corrected chi connectivity index (χ2v) is 6.82. The van der Waals surface area contributed by atoms with Crippen LogP contribution in [0.1, 0.15) is 37.3 Å². The van der Waals surface area contributed by atoms with Crippen molar-refractivity contribution >= 4 is 21.8 Å². The highest BCUT2D eigenvalue weighted by molar-refractivity contribution is 7.95. The van der Waals surface area contributed by atoms with Crippen molar-refractivity contribution in [1.29, 1.82) is 0 Å². The van der Waals surface area contributed by atoms with E-state index in [9.17, 15) is 8.42 Å². The van der Waals surface area contributed by atoms with Gasteiger partial charge in [0.1, 0.15) is 0 Å². The Balaban J connectivity index is 2.21. The van der Waals surface area contributed by atoms with Crippen LogP contribution in [-0.2, 0) is 10.0 Å². The fourth-order valence-electron chi connectivity index (χ4n) is 2.16. The van der Waals surface area contributed by atoms with E-state index in [2.05, 4.69) is 18.6 Å². The number of benzene rings is 2. The largest absolute Gasteiger partial charge is 0.280 e. The van der Waals surface area contributed by atoms with Crippen LogP contribution in [0.15, 0.2) is 60.0 Å². The molecule has 0 heterocycles. The smallest absolute Gasteiger partial charge is 0.255 e. The van der Waals surface area contributed by atoms with E-state index < -0.39 is 10.0 Å². The van der Waals surface area contributed by atoms with Crippen LogP contribution in [0.2, 0.25) is 0 Å². The topological polar surface area (TPSA) is 46.2 Å². The second kappa shape index (κ2) is 7.27. The van der Waals surface area contributed by atoms with Crippen LogP contribution in [0.25, 0.3) is 6.08 Å². The molecule has 4 heteroatoms. The van der Waals surface area contributed by atoms with Crippen molar-refractivity contribution in [3.8, 4) is 0 Å². The maximum Gasteiger partial charge on any atom is 0.255 e. The molecule has 0 spiro atoms. The lowest BCUT2D eigenvalue weighted by molar-refractivity contribution is 0.609. The molecule has 0 radical (unpaired) electrons. The zero-order valence-corrected chi connectivity index (χ0v) is 13.7. The molecule has 0 saturated carbocycles. The molecule has 0 saturated heterocycles. The molecule has 1 atom stereocenters. The molecule has 3 nitrogen and oxygen atoms in total. The summed E-state index contributed by atoms with van der Waals surface area (Å²) >= 11 is 0. The Hall–Kier alpha value is -2.07. The van der Waals surface area contributed by atoms with Crippen molar-refractivity contribution in [2.24, 2.45) is 0 Å². The molecule has 0 fully saturated rings. The summed E-state index contributed by atoms with van der Waals surface area (Å²) in [4.78, 5) is 0. The summed E-state index contributed by atoms with van der Waals surface area (Å²) in [5.41, 5.74) is 2.51. The van der Waals surface area contributed by atoms with Gasteiger partial charge in [0.25, 0.3) is 10.0 Å². The number of hydrogen-bond donors (Lipinski definition) is 1. The van der Waals surface area contributed by atoms with Gasteiger partial charge in [0, 0.05) is 0 Å². The zero-order valence-electron chi connectivity index (χ0n) is 12.9. The van der Waals surface area contributed by atoms with E-state index in [0.29, 0.717) is 11.6 Å². The molecule has 116 valence electrons. The fourth-order valence-corrected chi connectivity index (χ4v) is 3.06. The monoisotopic (exact) mass is 315 g/mol. The lowest BCUT2D eigenvalue weighted by Gasteiger charge is -2.15. The van der Waals surface area contributed by atoms with Crippen LogP contribution in [0.3, 0.4) is 0 Å². The molecule has 2 rings (SSSR count). The average molecular weight is 315 g/mol. The van der Waals surface area contributed by atoms with Gasteiger partial charge in [-0.2, -0.15) is 0 Å². The Kier molecular flexibility index (Phi) is 5.39. The number of para-hydroxylation sites is 1. The number of hydrogen-bond acceptors (Lipinski definition) is 2. The third-order valence-corrected chi connectivity index (χ3v) is 4.59. The predicted octanol–water partition coefficient (Wildman–Crippen LogP) is 4.61. The van der Waals surface area contributed by atoms with Crippen molar-refractivity contribution in [3.05, 3.63) is 71.1 Å². The highest BCUT2D eigenvalue weighted by atomic mass is 32.2. The summed E-state index contributed by atoms with van der Waals surface area (Å²) in [7, 11) is -3.53. The van der Waals surface area contributed by atoms with E-state index in [1.165, 1.54) is 5.41 Å². The first-order chi connectivity index (χ1) is 10.5. The van der Waals surface area contributed by atoms with Gasteiger partial charge in [-0.3, -0.25) is 4.72 Å². The van der Waals surface area contributed by atoms with Gasteiger partial charge in [0.15, 0.2) is 0 Å². The zero-order chi connectivity index (χ0) is 16.0. The molecule has 0 aliphatic carbocycles. The summed E-state index contributed by atoms with van der Waals surface area (Å²) < 4.78 is 27.1. The van der Waals surface area contributed by atoms with Crippen molar-refractivity contribution < 1.29 is 8.42 Å². The van der Waals surface area contributed by atoms with Gasteiger partial charge in [0.2, 0.25) is 0 Å². The Morgan fingerprint density at radius 3 is 2.36 bits per heavy atom. The summed E-state index contributed by atoms with van der Waals surface area (Å²) in [5, 5.41) is 1.20. The van der Waals surface area contributed by atoms with E-state index in [1.54, 1.807) is 12.1 Å². The van der Waals surface area contributed by atoms with E-state index in [-0.39, 0.29) is 0 Å². The molecule has 0 amide bonds. The number of nitrogens with one attached hydrogen (secondary N) is 1. The summed E-state index contributed by atoms with van der Waals surface area (Å²) in [6.07, 6.45) is 2.55. The Morgan fingerprint density at radius 2 is 1.68 bits per heavy atom. The standard InChI is InChI=1S/C18H21NO2S/c1-3-15(2)17-11-7-8-12-18(17)19-22(20,21)14-13-16-9-5-4-6-10-16/h4-15,19H,3H2,1-2H3/b14-13+/t15-/m0/s1. The van der Waals surface area contributed by atoms with Crippen molar-refractivity contribution in [2.75, 3.05) is 4.72 Å². The van der Waals surface area contributed by atoms with E-state index in [4.69, 9.17) is 0 Å². The number of sulfonamides is 1. The van der Waals surface area contributed by atoms with Crippen LogP contribution in [0.4, 0.5) is 5.69 Å². The second-order valence-electron chi connectivity index (χ2n) is 5.26. The summed E-state index contributed by atoms with van der Waals surface area (Å²) in [6.45, 7) is 4.18. The highest BCUT2D eigenvalue weighted by Crippen LogP contribution is 2.27. The molecule has 22 heavy (non-hydrogen) atoms. The SMILES string of the molecule is CC[C@H](C)c1ccccc1NS(=O)(=O)/C=C/c1ccccc1. The van der Waals surface area contributed by atoms with Crippen LogP contribution in [-0.4, -0.2) is 8.42 Å². The first-order valence-electron chi connectivity index (χ1n) is 7.36. The highest BCUT2D eigenvalue weighted by Gasteiger charge is 2.12. The Labute approximate surface area is 132 Å². The Morgan fingerprint density at radius 1 is 1.05 bits per heavy atom. The van der Waals surface area contributed by atoms with Gasteiger partial charge in [-0.1, -0.05) is 62.4 Å². The van der Waals surface area contributed by atoms with Gasteiger partial charge in [0.05, 0.1) is 11.1 Å². The molecule has 0 aromatic heterocycles. The van der Waals surface area contributed by atoms with Gasteiger partial charge in [-0.15, -0.1) is 0 Å². The predicted molar refractivity (Wildman–Crippen MR) is 93.2 cm³/mol. The fraction of sp³-hybridized carbons (Fsp3) is 0.222. The molecule has 0 aliphatic rings. The van der Waals surface area contributed by atoms with Gasteiger partial charge < -0.3 is 0 Å². The molecule has 2 aromatic rings. The van der Waals surface area contributed by atoms with Gasteiger partial charge >= 0.3 is 0 Å². The molecule has 0 aliphatic heterocycles. The molecule has 0 bridgehead atoms. The lowest BCUT2D eigenvalue weighted by atomic mass is 9.97. The van der Waals surface area contributed by atoms with Crippen molar-refractivity contribution in [2.45, 2.75) is 26.2 Å². The molecular formula is C18H21NO2S. The van der Waals surface area contributed by atoms with E-state index >= 15 is 0 Å². The lowest BCUT2D eigenvalue weighted by Crippen LogP contribution is -2.11. The van der Waals surface area contributed by atoms with Crippen LogP contribution >= 0.6 is 0 Å². The maximum absolute atomic E-state index is 12.2. The minimum absolute atomic E-state index is 0.303. The third kappa shape index (κ3) is 4.46. The summed E-state index contributed by atoms with van der Waals surface area (Å²) in [5.74, 6) is 0.303. The molecule has 2 aromatic carbocycles. The molecule has 1 N–H and O–H groups in total. The normalized spacial score (nSPS) is 13.2. The van der Waals surface area contributed by atoms with Crippen LogP contribution < -0.4 is 4.72 Å². The van der Waals surface area contributed by atoms with Crippen LogP contribution in [0.5, 0.6) is 0 Å². The van der Waals surface area contributed by atoms with Crippen molar-refractivity contribution in [1.82, 2.24) is 0 Å². The van der Waals surface area contributed by atoms with E-state index in [1.807, 2.05) is 48.5 Å². The quantitative estimate of drug-likeness (QED) is 0.846. The first kappa shape index (κ1) is 16.3. The number of anilines is 1. The average Bonchev–Trinajstić information content (AvgIpc) is 2.53. The van der Waals surface area contributed by atoms with Crippen molar-refractivity contribution in [3.63, 3.8) is 0 Å². The first-order valence-corrected chi connectivity index (χ1v) is 8.91. The minimum atomic E-state index is -3.53. The molecule has 0 unspecified atom stereocenters. The summed E-state index contributed by atoms with van der Waals surface area (Å²) in [6, 6.07) is 16.9. The van der Waals surface area contributed by atoms with E-state index in [0.717, 1.165) is 17.5 Å². The minimum Gasteiger partial charge on any atom is -0.280 e. The van der Waals surface area contributed by atoms with Crippen LogP contribution in [0, 0.1) is 0 Å². The molecular weight excluding hydrogens is 294 g/mol. The Bertz CT molecular complexity index is 737. The van der Waals surface area contributed by atoms with Gasteiger partial charge in [-0.05, 0) is 35.6 Å². The van der Waals surface area contributed by atoms with Gasteiger partial charge in [-0.25, -0.2) is 8.42 Å². The maximum atomic E-state index is 12.2. The third-order valence-electron chi connectivity index (χ3n) is 3.60. The number of rotatable bonds is 6.